The summed E-state index contributed by atoms with van der Waals surface area (Å²) in [5, 5.41) is 11.7. The van der Waals surface area contributed by atoms with Crippen LogP contribution in [0.15, 0.2) is 48.8 Å². The lowest BCUT2D eigenvalue weighted by Gasteiger charge is -2.05. The number of benzene rings is 1. The number of carbonyl (C=O) groups is 1. The quantitative estimate of drug-likeness (QED) is 0.656. The minimum Gasteiger partial charge on any atom is -0.445 e. The summed E-state index contributed by atoms with van der Waals surface area (Å²) in [5.41, 5.74) is 2.40. The van der Waals surface area contributed by atoms with Crippen molar-refractivity contribution in [3.05, 3.63) is 65.5 Å². The van der Waals surface area contributed by atoms with Gasteiger partial charge in [-0.25, -0.2) is 4.79 Å². The van der Waals surface area contributed by atoms with Gasteiger partial charge in [0.2, 0.25) is 0 Å². The Morgan fingerprint density at radius 3 is 2.83 bits per heavy atom. The van der Waals surface area contributed by atoms with Gasteiger partial charge in [0.15, 0.2) is 0 Å². The fourth-order valence-corrected chi connectivity index (χ4v) is 1.81. The minimum absolute atomic E-state index is 0.0582. The molecule has 5 heteroatoms. The van der Waals surface area contributed by atoms with Crippen LogP contribution in [0.25, 0.3) is 0 Å². The smallest absolute Gasteiger partial charge is 0.407 e. The topological polar surface area (TPSA) is 71.5 Å². The summed E-state index contributed by atoms with van der Waals surface area (Å²) in [6.45, 7) is 0.600. The highest BCUT2D eigenvalue weighted by Gasteiger charge is 2.00. The van der Waals surface area contributed by atoms with Gasteiger partial charge in [-0.1, -0.05) is 42.2 Å². The van der Waals surface area contributed by atoms with E-state index in [0.29, 0.717) is 13.0 Å². The molecule has 0 fully saturated rings. The lowest BCUT2D eigenvalue weighted by atomic mass is 10.2. The molecule has 0 unspecified atom stereocenters. The van der Waals surface area contributed by atoms with E-state index in [1.807, 2.05) is 30.3 Å². The van der Waals surface area contributed by atoms with Crippen LogP contribution in [0.2, 0.25) is 0 Å². The standard InChI is InChI=1S/C18H18N2O3/c21-13-17-10-16(11-19-12-17)8-4-5-9-20-18(22)23-14-15-6-2-1-3-7-15/h1-3,6-7,10-12,21H,5,9,13-14H2,(H,20,22). The normalized spacial score (nSPS) is 9.61. The number of amides is 1. The van der Waals surface area contributed by atoms with Crippen molar-refractivity contribution in [1.29, 1.82) is 0 Å². The zero-order valence-electron chi connectivity index (χ0n) is 12.7. The Hall–Kier alpha value is -2.84. The van der Waals surface area contributed by atoms with Gasteiger partial charge in [0.25, 0.3) is 0 Å². The molecule has 1 aromatic heterocycles. The van der Waals surface area contributed by atoms with E-state index in [1.54, 1.807) is 18.5 Å². The molecule has 0 saturated heterocycles. The summed E-state index contributed by atoms with van der Waals surface area (Å²) in [6.07, 6.45) is 3.27. The van der Waals surface area contributed by atoms with Gasteiger partial charge in [-0.15, -0.1) is 0 Å². The molecular formula is C18H18N2O3. The SMILES string of the molecule is O=C(NCCC#Cc1cncc(CO)c1)OCc1ccccc1. The van der Waals surface area contributed by atoms with Crippen LogP contribution in [-0.4, -0.2) is 22.7 Å². The first-order valence-corrected chi connectivity index (χ1v) is 7.26. The third-order valence-corrected chi connectivity index (χ3v) is 2.94. The van der Waals surface area contributed by atoms with Crippen LogP contribution in [0.4, 0.5) is 4.79 Å². The van der Waals surface area contributed by atoms with E-state index >= 15 is 0 Å². The van der Waals surface area contributed by atoms with E-state index in [-0.39, 0.29) is 13.2 Å². The summed E-state index contributed by atoms with van der Waals surface area (Å²) in [5.74, 6) is 5.88. The van der Waals surface area contributed by atoms with E-state index in [9.17, 15) is 4.79 Å². The second kappa shape index (κ2) is 9.23. The largest absolute Gasteiger partial charge is 0.445 e. The number of hydrogen-bond donors (Lipinski definition) is 2. The lowest BCUT2D eigenvalue weighted by Crippen LogP contribution is -2.24. The number of alkyl carbamates (subject to hydrolysis) is 1. The van der Waals surface area contributed by atoms with Crippen molar-refractivity contribution in [1.82, 2.24) is 10.3 Å². The van der Waals surface area contributed by atoms with Crippen LogP contribution in [0.1, 0.15) is 23.1 Å². The molecule has 23 heavy (non-hydrogen) atoms. The molecule has 0 radical (unpaired) electrons. The number of carbonyl (C=O) groups excluding carboxylic acids is 1. The van der Waals surface area contributed by atoms with Gasteiger partial charge in [-0.3, -0.25) is 4.98 Å². The molecule has 0 aliphatic carbocycles. The number of aliphatic hydroxyl groups is 1. The molecule has 0 aliphatic rings. The van der Waals surface area contributed by atoms with Crippen molar-refractivity contribution in [2.24, 2.45) is 0 Å². The van der Waals surface area contributed by atoms with E-state index in [1.165, 1.54) is 0 Å². The Morgan fingerprint density at radius 2 is 2.04 bits per heavy atom. The van der Waals surface area contributed by atoms with Crippen molar-refractivity contribution in [3.8, 4) is 11.8 Å². The predicted molar refractivity (Wildman–Crippen MR) is 86.3 cm³/mol. The summed E-state index contributed by atoms with van der Waals surface area (Å²) in [7, 11) is 0. The van der Waals surface area contributed by atoms with Crippen LogP contribution in [0.5, 0.6) is 0 Å². The molecule has 118 valence electrons. The number of ether oxygens (including phenoxy) is 1. The van der Waals surface area contributed by atoms with Gasteiger partial charge >= 0.3 is 6.09 Å². The number of rotatable bonds is 5. The Labute approximate surface area is 135 Å². The van der Waals surface area contributed by atoms with E-state index in [2.05, 4.69) is 22.1 Å². The molecule has 1 aromatic carbocycles. The first-order valence-electron chi connectivity index (χ1n) is 7.26. The van der Waals surface area contributed by atoms with Gasteiger partial charge < -0.3 is 15.2 Å². The second-order valence-electron chi connectivity index (χ2n) is 4.78. The van der Waals surface area contributed by atoms with Crippen LogP contribution < -0.4 is 5.32 Å². The maximum absolute atomic E-state index is 11.5. The Bertz CT molecular complexity index is 690. The van der Waals surface area contributed by atoms with Crippen LogP contribution in [0.3, 0.4) is 0 Å². The van der Waals surface area contributed by atoms with Crippen molar-refractivity contribution >= 4 is 6.09 Å². The van der Waals surface area contributed by atoms with Crippen LogP contribution in [-0.2, 0) is 18.0 Å². The molecule has 0 aliphatic heterocycles. The molecule has 2 aromatic rings. The second-order valence-corrected chi connectivity index (χ2v) is 4.78. The molecule has 0 bridgehead atoms. The van der Waals surface area contributed by atoms with E-state index < -0.39 is 6.09 Å². The average Bonchev–Trinajstić information content (AvgIpc) is 2.61. The monoisotopic (exact) mass is 310 g/mol. The molecule has 0 atom stereocenters. The highest BCUT2D eigenvalue weighted by molar-refractivity contribution is 5.67. The van der Waals surface area contributed by atoms with Crippen molar-refractivity contribution < 1.29 is 14.6 Å². The lowest BCUT2D eigenvalue weighted by molar-refractivity contribution is 0.140. The molecule has 5 nitrogen and oxygen atoms in total. The summed E-state index contributed by atoms with van der Waals surface area (Å²) < 4.78 is 5.09. The molecule has 2 rings (SSSR count). The third kappa shape index (κ3) is 6.20. The fourth-order valence-electron chi connectivity index (χ4n) is 1.81. The number of nitrogens with one attached hydrogen (secondary N) is 1. The fraction of sp³-hybridized carbons (Fsp3) is 0.222. The maximum atomic E-state index is 11.5. The number of aliphatic hydroxyl groups excluding tert-OH is 1. The summed E-state index contributed by atoms with van der Waals surface area (Å²) >= 11 is 0. The molecule has 2 N–H and O–H groups in total. The zero-order valence-corrected chi connectivity index (χ0v) is 12.7. The molecule has 1 heterocycles. The highest BCUT2D eigenvalue weighted by Crippen LogP contribution is 2.01. The van der Waals surface area contributed by atoms with E-state index in [4.69, 9.17) is 9.84 Å². The van der Waals surface area contributed by atoms with Crippen LogP contribution >= 0.6 is 0 Å². The number of hydrogen-bond acceptors (Lipinski definition) is 4. The van der Waals surface area contributed by atoms with Gasteiger partial charge in [0.05, 0.1) is 6.61 Å². The van der Waals surface area contributed by atoms with Gasteiger partial charge in [-0.2, -0.15) is 0 Å². The summed E-state index contributed by atoms with van der Waals surface area (Å²) in [6, 6.07) is 11.3. The van der Waals surface area contributed by atoms with Gasteiger partial charge in [-0.05, 0) is 17.2 Å². The molecular weight excluding hydrogens is 292 g/mol. The van der Waals surface area contributed by atoms with E-state index in [0.717, 1.165) is 16.7 Å². The number of pyridine rings is 1. The van der Waals surface area contributed by atoms with Crippen LogP contribution in [0, 0.1) is 11.8 Å². The zero-order chi connectivity index (χ0) is 16.3. The molecule has 1 amide bonds. The first kappa shape index (κ1) is 16.5. The van der Waals surface area contributed by atoms with Crippen molar-refractivity contribution in [2.75, 3.05) is 6.54 Å². The summed E-state index contributed by atoms with van der Waals surface area (Å²) in [4.78, 5) is 15.5. The van der Waals surface area contributed by atoms with Crippen molar-refractivity contribution in [3.63, 3.8) is 0 Å². The Kier molecular flexibility index (Phi) is 6.64. The number of nitrogens with zero attached hydrogens (tertiary/aromatic N) is 1. The first-order chi connectivity index (χ1) is 11.3. The number of aromatic nitrogens is 1. The Balaban J connectivity index is 1.67. The van der Waals surface area contributed by atoms with Crippen molar-refractivity contribution in [2.45, 2.75) is 19.6 Å². The van der Waals surface area contributed by atoms with Gasteiger partial charge in [0, 0.05) is 30.9 Å². The predicted octanol–water partition coefficient (Wildman–Crippen LogP) is 2.24. The third-order valence-electron chi connectivity index (χ3n) is 2.94. The Morgan fingerprint density at radius 1 is 1.22 bits per heavy atom. The van der Waals surface area contributed by atoms with Gasteiger partial charge in [0.1, 0.15) is 6.61 Å². The minimum atomic E-state index is -0.459. The molecule has 0 spiro atoms. The maximum Gasteiger partial charge on any atom is 0.407 e. The molecule has 0 saturated carbocycles. The highest BCUT2D eigenvalue weighted by atomic mass is 16.5. The average molecular weight is 310 g/mol.